The Balaban J connectivity index is 4.41. The summed E-state index contributed by atoms with van der Waals surface area (Å²) >= 11 is 0. The van der Waals surface area contributed by atoms with Crippen molar-refractivity contribution in [1.29, 1.82) is 0 Å². The number of carbonyl (C=O) groups is 3. The van der Waals surface area contributed by atoms with E-state index in [2.05, 4.69) is 106 Å². The van der Waals surface area contributed by atoms with E-state index in [1.54, 1.807) is 0 Å². The third-order valence-corrected chi connectivity index (χ3v) is 13.9. The summed E-state index contributed by atoms with van der Waals surface area (Å²) in [5.74, 6) is -0.895. The smallest absolute Gasteiger partial charge is 0.306 e. The first kappa shape index (κ1) is 71.6. The van der Waals surface area contributed by atoms with Crippen LogP contribution in [0.3, 0.4) is 0 Å². The van der Waals surface area contributed by atoms with Crippen LogP contribution in [0, 0.1) is 0 Å². The molecule has 0 saturated heterocycles. The second-order valence-corrected chi connectivity index (χ2v) is 21.3. The number of hydrogen-bond donors (Lipinski definition) is 0. The molecule has 0 aromatic rings. The molecule has 0 fully saturated rings. The van der Waals surface area contributed by atoms with Crippen molar-refractivity contribution in [3.63, 3.8) is 0 Å². The lowest BCUT2D eigenvalue weighted by Gasteiger charge is -2.18. The van der Waals surface area contributed by atoms with Crippen LogP contribution in [-0.4, -0.2) is 37.2 Å². The lowest BCUT2D eigenvalue weighted by molar-refractivity contribution is -0.167. The number of carbonyl (C=O) groups excluding carboxylic acids is 3. The quantitative estimate of drug-likeness (QED) is 0.0261. The number of allylic oxidation sites excluding steroid dienone is 14. The van der Waals surface area contributed by atoms with Crippen LogP contribution in [0.25, 0.3) is 0 Å². The van der Waals surface area contributed by atoms with Gasteiger partial charge in [0.05, 0.1) is 0 Å². The van der Waals surface area contributed by atoms with Gasteiger partial charge in [-0.15, -0.1) is 0 Å². The lowest BCUT2D eigenvalue weighted by Crippen LogP contribution is -2.30. The van der Waals surface area contributed by atoms with E-state index in [0.29, 0.717) is 19.3 Å². The molecule has 0 saturated carbocycles. The van der Waals surface area contributed by atoms with Crippen LogP contribution in [0.15, 0.2) is 85.1 Å². The largest absolute Gasteiger partial charge is 0.462 e. The van der Waals surface area contributed by atoms with Crippen LogP contribution in [0.1, 0.15) is 316 Å². The predicted octanol–water partition coefficient (Wildman–Crippen LogP) is 21.9. The van der Waals surface area contributed by atoms with Gasteiger partial charge < -0.3 is 14.2 Å². The predicted molar refractivity (Wildman–Crippen MR) is 325 cm³/mol. The van der Waals surface area contributed by atoms with Crippen molar-refractivity contribution in [2.45, 2.75) is 322 Å². The summed E-state index contributed by atoms with van der Waals surface area (Å²) < 4.78 is 16.9. The third kappa shape index (κ3) is 61.3. The molecule has 0 rings (SSSR count). The maximum Gasteiger partial charge on any atom is 0.306 e. The van der Waals surface area contributed by atoms with E-state index in [1.807, 2.05) is 0 Å². The van der Waals surface area contributed by atoms with Gasteiger partial charge in [-0.3, -0.25) is 14.4 Å². The van der Waals surface area contributed by atoms with E-state index in [1.165, 1.54) is 173 Å². The van der Waals surface area contributed by atoms with Crippen molar-refractivity contribution in [2.75, 3.05) is 13.2 Å². The molecule has 0 N–H and O–H groups in total. The van der Waals surface area contributed by atoms with Gasteiger partial charge in [-0.25, -0.2) is 0 Å². The highest BCUT2D eigenvalue weighted by atomic mass is 16.6. The summed E-state index contributed by atoms with van der Waals surface area (Å²) in [4.78, 5) is 38.4. The Hall–Kier alpha value is -3.41. The lowest BCUT2D eigenvalue weighted by atomic mass is 10.1. The molecule has 0 bridgehead atoms. The topological polar surface area (TPSA) is 78.9 Å². The van der Waals surface area contributed by atoms with E-state index >= 15 is 0 Å². The zero-order valence-corrected chi connectivity index (χ0v) is 49.6. The van der Waals surface area contributed by atoms with Crippen LogP contribution >= 0.6 is 0 Å². The van der Waals surface area contributed by atoms with Gasteiger partial charge in [-0.2, -0.15) is 0 Å². The first-order valence-electron chi connectivity index (χ1n) is 32.1. The average Bonchev–Trinajstić information content (AvgIpc) is 3.41. The molecule has 0 aliphatic carbocycles. The van der Waals surface area contributed by atoms with Crippen molar-refractivity contribution >= 4 is 17.9 Å². The highest BCUT2D eigenvalue weighted by Gasteiger charge is 2.19. The molecule has 0 aromatic carbocycles. The molecular weight excluding hydrogens is 925 g/mol. The number of hydrogen-bond acceptors (Lipinski definition) is 6. The van der Waals surface area contributed by atoms with Crippen LogP contribution in [0.4, 0.5) is 0 Å². The number of rotatable bonds is 58. The Labute approximate surface area is 465 Å². The van der Waals surface area contributed by atoms with E-state index in [9.17, 15) is 14.4 Å². The number of unbranched alkanes of at least 4 members (excludes halogenated alkanes) is 33. The zero-order valence-electron chi connectivity index (χ0n) is 49.6. The summed E-state index contributed by atoms with van der Waals surface area (Å²) in [7, 11) is 0. The second-order valence-electron chi connectivity index (χ2n) is 21.3. The molecule has 0 amide bonds. The monoisotopic (exact) mass is 1040 g/mol. The van der Waals surface area contributed by atoms with Gasteiger partial charge in [-0.05, 0) is 116 Å². The first-order valence-corrected chi connectivity index (χ1v) is 32.1. The summed E-state index contributed by atoms with van der Waals surface area (Å²) in [5.41, 5.74) is 0. The van der Waals surface area contributed by atoms with E-state index < -0.39 is 6.10 Å². The molecule has 1 unspecified atom stereocenters. The Bertz CT molecular complexity index is 1430. The van der Waals surface area contributed by atoms with E-state index in [4.69, 9.17) is 14.2 Å². The maximum absolute atomic E-state index is 12.9. The molecule has 0 aliphatic rings. The molecule has 1 atom stereocenters. The van der Waals surface area contributed by atoms with Crippen molar-refractivity contribution in [3.05, 3.63) is 85.1 Å². The highest BCUT2D eigenvalue weighted by Crippen LogP contribution is 2.16. The van der Waals surface area contributed by atoms with Gasteiger partial charge in [-0.1, -0.05) is 266 Å². The Morgan fingerprint density at radius 3 is 0.827 bits per heavy atom. The molecule has 0 aromatic heterocycles. The highest BCUT2D eigenvalue weighted by molar-refractivity contribution is 5.71. The fourth-order valence-electron chi connectivity index (χ4n) is 9.05. The zero-order chi connectivity index (χ0) is 54.3. The molecule has 0 radical (unpaired) electrons. The Morgan fingerprint density at radius 1 is 0.280 bits per heavy atom. The number of esters is 3. The normalized spacial score (nSPS) is 12.6. The van der Waals surface area contributed by atoms with Gasteiger partial charge in [0.2, 0.25) is 0 Å². The minimum atomic E-state index is -0.790. The van der Waals surface area contributed by atoms with Crippen LogP contribution in [-0.2, 0) is 28.6 Å². The molecule has 6 heteroatoms. The van der Waals surface area contributed by atoms with Crippen LogP contribution in [0.2, 0.25) is 0 Å². The standard InChI is InChI=1S/C69H120O6/c1-4-7-10-13-16-19-22-25-28-31-33-34-36-38-41-44-47-50-53-56-59-62-68(71)74-65-66(64-73-67(70)61-58-55-52-49-46-43-40-37-30-27-24-21-18-15-12-9-6-3)75-69(72)63-60-57-54-51-48-45-42-39-35-32-29-26-23-20-17-14-11-8-5-2/h8,11,17,20,22,25-27,29-31,33,35,39,66H,4-7,9-10,12-16,18-19,21,23-24,28,32,34,36-38,40-65H2,1-3H3/b11-8-,20-17-,25-22-,29-26-,30-27-,33-31-,39-35-. The summed E-state index contributed by atoms with van der Waals surface area (Å²) in [6.07, 6.45) is 82.9. The molecule has 0 heterocycles. The summed E-state index contributed by atoms with van der Waals surface area (Å²) in [6, 6.07) is 0. The van der Waals surface area contributed by atoms with Gasteiger partial charge in [0.15, 0.2) is 6.10 Å². The van der Waals surface area contributed by atoms with E-state index in [-0.39, 0.29) is 31.1 Å². The van der Waals surface area contributed by atoms with Crippen molar-refractivity contribution in [2.24, 2.45) is 0 Å². The van der Waals surface area contributed by atoms with Gasteiger partial charge in [0, 0.05) is 19.3 Å². The fraction of sp³-hybridized carbons (Fsp3) is 0.754. The molecular formula is C69H120O6. The first-order chi connectivity index (χ1) is 37.0. The molecule has 75 heavy (non-hydrogen) atoms. The fourth-order valence-corrected chi connectivity index (χ4v) is 9.05. The minimum Gasteiger partial charge on any atom is -0.462 e. The average molecular weight is 1050 g/mol. The van der Waals surface area contributed by atoms with E-state index in [0.717, 1.165) is 103 Å². The van der Waals surface area contributed by atoms with Gasteiger partial charge >= 0.3 is 17.9 Å². The maximum atomic E-state index is 12.9. The Morgan fingerprint density at radius 2 is 0.520 bits per heavy atom. The molecule has 0 spiro atoms. The molecule has 6 nitrogen and oxygen atoms in total. The molecule has 0 aliphatic heterocycles. The third-order valence-electron chi connectivity index (χ3n) is 13.9. The summed E-state index contributed by atoms with van der Waals surface area (Å²) in [6.45, 7) is 6.53. The Kier molecular flexibility index (Phi) is 60.3. The minimum absolute atomic E-state index is 0.0851. The van der Waals surface area contributed by atoms with Crippen molar-refractivity contribution in [3.8, 4) is 0 Å². The van der Waals surface area contributed by atoms with Crippen LogP contribution < -0.4 is 0 Å². The second kappa shape index (κ2) is 63.1. The SMILES string of the molecule is CC/C=C\C/C=C\C/C=C\C/C=C\CCCCCCCCC(=O)OC(COC(=O)CCCCCCCCC/C=C\CCCCCCCC)COC(=O)CCCCCCCCCCC/C=C\C/C=C\CCCCCCC. The number of ether oxygens (including phenoxy) is 3. The molecule has 432 valence electrons. The summed E-state index contributed by atoms with van der Waals surface area (Å²) in [5, 5.41) is 0. The van der Waals surface area contributed by atoms with Crippen LogP contribution in [0.5, 0.6) is 0 Å². The van der Waals surface area contributed by atoms with Crippen molar-refractivity contribution in [1.82, 2.24) is 0 Å². The van der Waals surface area contributed by atoms with Gasteiger partial charge in [0.1, 0.15) is 13.2 Å². The van der Waals surface area contributed by atoms with Crippen molar-refractivity contribution < 1.29 is 28.6 Å². The van der Waals surface area contributed by atoms with Gasteiger partial charge in [0.25, 0.3) is 0 Å².